The van der Waals surface area contributed by atoms with E-state index in [1.807, 2.05) is 56.8 Å². The molecular formula is C32H48N6O5. The van der Waals surface area contributed by atoms with Crippen LogP contribution in [-0.4, -0.2) is 106 Å². The van der Waals surface area contributed by atoms with Gasteiger partial charge in [-0.15, -0.1) is 0 Å². The van der Waals surface area contributed by atoms with Crippen LogP contribution >= 0.6 is 0 Å². The van der Waals surface area contributed by atoms with Gasteiger partial charge in [0, 0.05) is 64.3 Å². The largest absolute Gasteiger partial charge is 0.444 e. The Bertz CT molecular complexity index is 1210. The van der Waals surface area contributed by atoms with Crippen molar-refractivity contribution in [2.45, 2.75) is 70.9 Å². The van der Waals surface area contributed by atoms with Crippen LogP contribution in [-0.2, 0) is 19.1 Å². The van der Waals surface area contributed by atoms with Gasteiger partial charge in [-0.3, -0.25) is 19.7 Å². The molecule has 4 fully saturated rings. The van der Waals surface area contributed by atoms with E-state index in [9.17, 15) is 19.2 Å². The molecule has 1 N–H and O–H groups in total. The molecule has 1 unspecified atom stereocenters. The third kappa shape index (κ3) is 7.08. The van der Waals surface area contributed by atoms with Crippen LogP contribution in [0.3, 0.4) is 0 Å². The van der Waals surface area contributed by atoms with E-state index in [0.29, 0.717) is 29.9 Å². The van der Waals surface area contributed by atoms with Crippen molar-refractivity contribution in [2.75, 3.05) is 74.6 Å². The molecule has 0 bridgehead atoms. The van der Waals surface area contributed by atoms with E-state index in [0.717, 1.165) is 70.0 Å². The number of carbonyl (C=O) groups is 4. The predicted molar refractivity (Wildman–Crippen MR) is 166 cm³/mol. The number of anilines is 3. The topological polar surface area (TPSA) is 106 Å². The molecule has 4 saturated heterocycles. The summed E-state index contributed by atoms with van der Waals surface area (Å²) in [6.07, 6.45) is 5.47. The lowest BCUT2D eigenvalue weighted by molar-refractivity contribution is -0.134. The number of nitrogens with zero attached hydrogens (tertiary/aromatic N) is 5. The third-order valence-corrected chi connectivity index (χ3v) is 9.50. The minimum absolute atomic E-state index is 0.192. The maximum Gasteiger partial charge on any atom is 0.410 e. The molecule has 4 aliphatic heterocycles. The molecule has 0 radical (unpaired) electrons. The second-order valence-corrected chi connectivity index (χ2v) is 14.1. The predicted octanol–water partition coefficient (Wildman–Crippen LogP) is 3.07. The van der Waals surface area contributed by atoms with Crippen LogP contribution < -0.4 is 20.0 Å². The molecule has 5 rings (SSSR count). The van der Waals surface area contributed by atoms with Crippen molar-refractivity contribution in [1.29, 1.82) is 0 Å². The molecule has 1 atom stereocenters. The molecule has 0 aliphatic carbocycles. The van der Waals surface area contributed by atoms with Gasteiger partial charge in [0.15, 0.2) is 0 Å². The Balaban J connectivity index is 1.12. The van der Waals surface area contributed by atoms with Gasteiger partial charge in [-0.05, 0) is 90.1 Å². The van der Waals surface area contributed by atoms with Crippen molar-refractivity contribution in [3.63, 3.8) is 0 Å². The van der Waals surface area contributed by atoms with Crippen LogP contribution in [0.15, 0.2) is 18.2 Å². The summed E-state index contributed by atoms with van der Waals surface area (Å²) in [6, 6.07) is 5.36. The highest BCUT2D eigenvalue weighted by atomic mass is 16.6. The summed E-state index contributed by atoms with van der Waals surface area (Å²) in [4.78, 5) is 59.0. The molecule has 1 aromatic carbocycles. The maximum atomic E-state index is 12.5. The number of ether oxygens (including phenoxy) is 1. The zero-order valence-electron chi connectivity index (χ0n) is 26.4. The number of amides is 4. The highest BCUT2D eigenvalue weighted by Gasteiger charge is 2.45. The molecule has 1 spiro atoms. The van der Waals surface area contributed by atoms with E-state index in [1.165, 1.54) is 17.7 Å². The van der Waals surface area contributed by atoms with E-state index in [2.05, 4.69) is 21.2 Å². The number of benzene rings is 1. The quantitative estimate of drug-likeness (QED) is 0.378. The zero-order chi connectivity index (χ0) is 30.9. The third-order valence-electron chi connectivity index (χ3n) is 9.50. The first-order valence-electron chi connectivity index (χ1n) is 15.7. The van der Waals surface area contributed by atoms with E-state index in [-0.39, 0.29) is 18.4 Å². The van der Waals surface area contributed by atoms with Crippen LogP contribution in [0.5, 0.6) is 0 Å². The minimum Gasteiger partial charge on any atom is -0.444 e. The Kier molecular flexibility index (Phi) is 8.92. The van der Waals surface area contributed by atoms with Gasteiger partial charge < -0.3 is 29.2 Å². The van der Waals surface area contributed by atoms with Gasteiger partial charge >= 0.3 is 6.09 Å². The van der Waals surface area contributed by atoms with Crippen molar-refractivity contribution in [3.05, 3.63) is 18.2 Å². The fourth-order valence-corrected chi connectivity index (χ4v) is 6.99. The molecule has 11 nitrogen and oxygen atoms in total. The fourth-order valence-electron chi connectivity index (χ4n) is 6.99. The second kappa shape index (κ2) is 12.3. The van der Waals surface area contributed by atoms with E-state index >= 15 is 0 Å². The summed E-state index contributed by atoms with van der Waals surface area (Å²) in [5.41, 5.74) is 2.53. The van der Waals surface area contributed by atoms with Gasteiger partial charge in [-0.25, -0.2) is 4.79 Å². The zero-order valence-corrected chi connectivity index (χ0v) is 26.4. The van der Waals surface area contributed by atoms with Crippen molar-refractivity contribution in [3.8, 4) is 0 Å². The first-order valence-corrected chi connectivity index (χ1v) is 15.7. The number of rotatable bonds is 7. The van der Waals surface area contributed by atoms with Crippen molar-refractivity contribution >= 4 is 41.4 Å². The van der Waals surface area contributed by atoms with Crippen LogP contribution in [0.25, 0.3) is 0 Å². The number of piperidine rings is 3. The summed E-state index contributed by atoms with van der Waals surface area (Å²) in [6.45, 7) is 12.7. The van der Waals surface area contributed by atoms with Crippen LogP contribution in [0.2, 0.25) is 0 Å². The minimum atomic E-state index is -0.699. The summed E-state index contributed by atoms with van der Waals surface area (Å²) < 4.78 is 5.55. The number of hydrogen-bond acceptors (Lipinski definition) is 8. The lowest BCUT2D eigenvalue weighted by atomic mass is 9.71. The second-order valence-electron chi connectivity index (χ2n) is 14.1. The number of imide groups is 1. The van der Waals surface area contributed by atoms with Gasteiger partial charge in [0.25, 0.3) is 0 Å². The average Bonchev–Trinajstić information content (AvgIpc) is 2.93. The number of carbonyl (C=O) groups excluding carboxylic acids is 4. The van der Waals surface area contributed by atoms with Gasteiger partial charge in [0.05, 0.1) is 11.4 Å². The number of hydrogen-bond donors (Lipinski definition) is 1. The smallest absolute Gasteiger partial charge is 0.410 e. The lowest BCUT2D eigenvalue weighted by Crippen LogP contribution is -2.60. The van der Waals surface area contributed by atoms with Gasteiger partial charge in [0.1, 0.15) is 11.6 Å². The van der Waals surface area contributed by atoms with Crippen LogP contribution in [0.1, 0.15) is 59.3 Å². The standard InChI is InChI=1S/C32H48N6O5/c1-31(2,3)43-30(42)36-14-10-23(11-15-36)19-35-16-12-32(13-17-35)20-37(21-32)24-6-7-25(27(18-24)34(4)5)38(22-39)26-8-9-28(40)33-29(26)41/h6-7,18,22-23,26H,8-17,19-21H2,1-5H3,(H,33,40,41). The van der Waals surface area contributed by atoms with Crippen molar-refractivity contribution in [2.24, 2.45) is 11.3 Å². The molecule has 236 valence electrons. The lowest BCUT2D eigenvalue weighted by Gasteiger charge is -2.55. The summed E-state index contributed by atoms with van der Waals surface area (Å²) in [5, 5.41) is 2.36. The Morgan fingerprint density at radius 1 is 1.05 bits per heavy atom. The van der Waals surface area contributed by atoms with Crippen molar-refractivity contribution < 1.29 is 23.9 Å². The first kappa shape index (κ1) is 31.1. The Morgan fingerprint density at radius 3 is 2.30 bits per heavy atom. The summed E-state index contributed by atoms with van der Waals surface area (Å²) in [5.74, 6) is -0.104. The average molecular weight is 597 g/mol. The maximum absolute atomic E-state index is 12.5. The number of nitrogens with one attached hydrogen (secondary N) is 1. The molecule has 0 aromatic heterocycles. The molecule has 0 saturated carbocycles. The van der Waals surface area contributed by atoms with E-state index in [1.54, 1.807) is 0 Å². The van der Waals surface area contributed by atoms with Crippen LogP contribution in [0, 0.1) is 11.3 Å². The van der Waals surface area contributed by atoms with Crippen LogP contribution in [0.4, 0.5) is 21.9 Å². The highest BCUT2D eigenvalue weighted by Crippen LogP contribution is 2.44. The molecule has 11 heteroatoms. The Labute approximate surface area is 255 Å². The fraction of sp³-hybridized carbons (Fsp3) is 0.688. The van der Waals surface area contributed by atoms with Crippen molar-refractivity contribution in [1.82, 2.24) is 15.1 Å². The van der Waals surface area contributed by atoms with E-state index in [4.69, 9.17) is 4.74 Å². The van der Waals surface area contributed by atoms with Gasteiger partial charge in [-0.1, -0.05) is 0 Å². The highest BCUT2D eigenvalue weighted by molar-refractivity contribution is 6.04. The molecule has 4 heterocycles. The van der Waals surface area contributed by atoms with E-state index < -0.39 is 17.6 Å². The monoisotopic (exact) mass is 596 g/mol. The normalized spacial score (nSPS) is 23.0. The molecule has 4 aliphatic rings. The number of likely N-dealkylation sites (tertiary alicyclic amines) is 2. The Hall–Kier alpha value is -3.34. The SMILES string of the molecule is CN(C)c1cc(N2CC3(CCN(CC4CCN(C(=O)OC(C)(C)C)CC4)CC3)C2)ccc1N(C=O)C1CCC(=O)NC1=O. The molecular weight excluding hydrogens is 548 g/mol. The molecule has 4 amide bonds. The molecule has 1 aromatic rings. The van der Waals surface area contributed by atoms with Gasteiger partial charge in [0.2, 0.25) is 18.2 Å². The van der Waals surface area contributed by atoms with Gasteiger partial charge in [-0.2, -0.15) is 0 Å². The first-order chi connectivity index (χ1) is 20.4. The Morgan fingerprint density at radius 2 is 1.72 bits per heavy atom. The molecule has 43 heavy (non-hydrogen) atoms. The summed E-state index contributed by atoms with van der Waals surface area (Å²) in [7, 11) is 3.87. The summed E-state index contributed by atoms with van der Waals surface area (Å²) >= 11 is 0.